The van der Waals surface area contributed by atoms with Gasteiger partial charge in [0.1, 0.15) is 11.3 Å². The van der Waals surface area contributed by atoms with Gasteiger partial charge in [-0.05, 0) is 43.2 Å². The summed E-state index contributed by atoms with van der Waals surface area (Å²) >= 11 is 18.1. The van der Waals surface area contributed by atoms with Gasteiger partial charge in [-0.2, -0.15) is 0 Å². The van der Waals surface area contributed by atoms with Gasteiger partial charge >= 0.3 is 0 Å². The first-order valence-corrected chi connectivity index (χ1v) is 8.47. The molecule has 0 bridgehead atoms. The maximum atomic E-state index is 12.8. The zero-order valence-electron chi connectivity index (χ0n) is 13.0. The van der Waals surface area contributed by atoms with Crippen molar-refractivity contribution in [1.82, 2.24) is 9.38 Å². The predicted octanol–water partition coefficient (Wildman–Crippen LogP) is 5.42. The second kappa shape index (κ2) is 6.63. The van der Waals surface area contributed by atoms with Gasteiger partial charge in [0.25, 0.3) is 5.91 Å². The number of hydrogen-bond donors (Lipinski definition) is 1. The number of aromatic nitrogens is 2. The Balaban J connectivity index is 2.04. The van der Waals surface area contributed by atoms with E-state index in [1.807, 2.05) is 32.2 Å². The number of imidazole rings is 1. The van der Waals surface area contributed by atoms with Crippen molar-refractivity contribution in [3.8, 4) is 0 Å². The fourth-order valence-corrected chi connectivity index (χ4v) is 3.08. The van der Waals surface area contributed by atoms with Crippen LogP contribution in [0.15, 0.2) is 30.5 Å². The van der Waals surface area contributed by atoms with Crippen LogP contribution in [0.1, 0.15) is 28.7 Å². The van der Waals surface area contributed by atoms with Gasteiger partial charge in [0.05, 0.1) is 26.4 Å². The summed E-state index contributed by atoms with van der Waals surface area (Å²) < 4.78 is 1.77. The average Bonchev–Trinajstić information content (AvgIpc) is 2.90. The lowest BCUT2D eigenvalue weighted by molar-refractivity contribution is 0.102. The Morgan fingerprint density at radius 1 is 1.17 bits per heavy atom. The van der Waals surface area contributed by atoms with Gasteiger partial charge in [-0.3, -0.25) is 9.20 Å². The Morgan fingerprint density at radius 3 is 2.58 bits per heavy atom. The number of amides is 1. The van der Waals surface area contributed by atoms with Crippen LogP contribution in [0.25, 0.3) is 5.65 Å². The molecule has 1 N–H and O–H groups in total. The first kappa shape index (κ1) is 17.1. The van der Waals surface area contributed by atoms with Crippen molar-refractivity contribution >= 4 is 52.0 Å². The highest BCUT2D eigenvalue weighted by atomic mass is 35.5. The molecule has 0 aliphatic carbocycles. The average molecular weight is 383 g/mol. The van der Waals surface area contributed by atoms with E-state index >= 15 is 0 Å². The summed E-state index contributed by atoms with van der Waals surface area (Å²) in [5.41, 5.74) is 3.41. The number of halogens is 3. The number of anilines is 1. The maximum Gasteiger partial charge on any atom is 0.274 e. The van der Waals surface area contributed by atoms with Crippen molar-refractivity contribution in [3.05, 3.63) is 62.5 Å². The molecule has 0 unspecified atom stereocenters. The molecular formula is C17H14Cl3N3O. The van der Waals surface area contributed by atoms with Crippen molar-refractivity contribution in [2.75, 3.05) is 5.32 Å². The molecule has 3 aromatic rings. The van der Waals surface area contributed by atoms with Crippen molar-refractivity contribution < 1.29 is 4.79 Å². The zero-order valence-corrected chi connectivity index (χ0v) is 15.3. The number of carbonyl (C=O) groups is 1. The van der Waals surface area contributed by atoms with Crippen LogP contribution in [0.2, 0.25) is 15.1 Å². The topological polar surface area (TPSA) is 46.4 Å². The van der Waals surface area contributed by atoms with E-state index in [2.05, 4.69) is 10.3 Å². The molecule has 0 radical (unpaired) electrons. The molecule has 1 amide bonds. The molecule has 7 heteroatoms. The molecule has 124 valence electrons. The molecule has 4 nitrogen and oxygen atoms in total. The summed E-state index contributed by atoms with van der Waals surface area (Å²) in [7, 11) is 0. The minimum atomic E-state index is -0.302. The maximum absolute atomic E-state index is 12.8. The quantitative estimate of drug-likeness (QED) is 0.615. The summed E-state index contributed by atoms with van der Waals surface area (Å²) in [6, 6.07) is 6.89. The Hall–Kier alpha value is -1.75. The lowest BCUT2D eigenvalue weighted by atomic mass is 10.2. The molecule has 0 spiro atoms. The van der Waals surface area contributed by atoms with E-state index in [1.54, 1.807) is 4.40 Å². The first-order valence-electron chi connectivity index (χ1n) is 7.34. The number of fused-ring (bicyclic) bond motifs is 1. The largest absolute Gasteiger partial charge is 0.319 e. The van der Waals surface area contributed by atoms with Crippen molar-refractivity contribution in [1.29, 1.82) is 0 Å². The molecule has 0 saturated heterocycles. The van der Waals surface area contributed by atoms with Crippen LogP contribution in [0, 0.1) is 6.92 Å². The second-order valence-corrected chi connectivity index (χ2v) is 6.61. The van der Waals surface area contributed by atoms with E-state index in [0.717, 1.165) is 11.2 Å². The number of pyridine rings is 1. The van der Waals surface area contributed by atoms with Crippen LogP contribution in [-0.4, -0.2) is 15.3 Å². The fraction of sp³-hybridized carbons (Fsp3) is 0.176. The molecule has 0 saturated carbocycles. The number of aryl methyl sites for hydroxylation is 2. The molecule has 0 aliphatic rings. The van der Waals surface area contributed by atoms with Crippen LogP contribution in [0.3, 0.4) is 0 Å². The molecule has 0 aliphatic heterocycles. The molecule has 0 atom stereocenters. The Bertz CT molecular complexity index is 950. The summed E-state index contributed by atoms with van der Waals surface area (Å²) in [4.78, 5) is 17.3. The summed E-state index contributed by atoms with van der Waals surface area (Å²) in [6.45, 7) is 3.94. The molecule has 24 heavy (non-hydrogen) atoms. The van der Waals surface area contributed by atoms with Crippen LogP contribution in [0.5, 0.6) is 0 Å². The third kappa shape index (κ3) is 3.09. The van der Waals surface area contributed by atoms with Crippen LogP contribution in [0.4, 0.5) is 5.69 Å². The minimum absolute atomic E-state index is 0.302. The normalized spacial score (nSPS) is 11.0. The summed E-state index contributed by atoms with van der Waals surface area (Å²) in [6.07, 6.45) is 2.47. The lowest BCUT2D eigenvalue weighted by Gasteiger charge is -2.10. The standard InChI is InChI=1S/C17H14Cl3N3O/c1-3-13-16(23-5-4-9(2)6-15(23)21-13)17(24)22-14-8-11(19)10(18)7-12(14)20/h4-8H,3H2,1-2H3,(H,22,24). The molecule has 0 fully saturated rings. The smallest absolute Gasteiger partial charge is 0.274 e. The van der Waals surface area contributed by atoms with E-state index < -0.39 is 0 Å². The number of nitrogens with zero attached hydrogens (tertiary/aromatic N) is 2. The van der Waals surface area contributed by atoms with E-state index in [4.69, 9.17) is 34.8 Å². The second-order valence-electron chi connectivity index (χ2n) is 5.39. The summed E-state index contributed by atoms with van der Waals surface area (Å²) in [5, 5.41) is 3.76. The lowest BCUT2D eigenvalue weighted by Crippen LogP contribution is -2.16. The monoisotopic (exact) mass is 381 g/mol. The first-order chi connectivity index (χ1) is 11.4. The van der Waals surface area contributed by atoms with Crippen LogP contribution in [-0.2, 0) is 6.42 Å². The molecule has 2 aromatic heterocycles. The molecule has 1 aromatic carbocycles. The SMILES string of the molecule is CCc1nc2cc(C)ccn2c1C(=O)Nc1cc(Cl)c(Cl)cc1Cl. The Labute approximate surface area is 154 Å². The highest BCUT2D eigenvalue weighted by Gasteiger charge is 2.19. The van der Waals surface area contributed by atoms with E-state index in [1.165, 1.54) is 12.1 Å². The molecule has 3 rings (SSSR count). The van der Waals surface area contributed by atoms with Crippen LogP contribution >= 0.6 is 34.8 Å². The van der Waals surface area contributed by atoms with Crippen molar-refractivity contribution in [2.45, 2.75) is 20.3 Å². The van der Waals surface area contributed by atoms with E-state index in [0.29, 0.717) is 38.6 Å². The number of rotatable bonds is 3. The zero-order chi connectivity index (χ0) is 17.4. The number of benzene rings is 1. The van der Waals surface area contributed by atoms with E-state index in [-0.39, 0.29) is 5.91 Å². The minimum Gasteiger partial charge on any atom is -0.319 e. The predicted molar refractivity (Wildman–Crippen MR) is 98.7 cm³/mol. The van der Waals surface area contributed by atoms with Crippen LogP contribution < -0.4 is 5.32 Å². The van der Waals surface area contributed by atoms with Gasteiger partial charge in [-0.25, -0.2) is 4.98 Å². The summed E-state index contributed by atoms with van der Waals surface area (Å²) in [5.74, 6) is -0.302. The van der Waals surface area contributed by atoms with Gasteiger partial charge < -0.3 is 5.32 Å². The highest BCUT2D eigenvalue weighted by molar-refractivity contribution is 6.44. The van der Waals surface area contributed by atoms with Gasteiger partial charge in [-0.1, -0.05) is 41.7 Å². The Kier molecular flexibility index (Phi) is 4.72. The molecular weight excluding hydrogens is 369 g/mol. The fourth-order valence-electron chi connectivity index (χ4n) is 2.48. The van der Waals surface area contributed by atoms with Crippen molar-refractivity contribution in [3.63, 3.8) is 0 Å². The van der Waals surface area contributed by atoms with Gasteiger partial charge in [0.2, 0.25) is 0 Å². The van der Waals surface area contributed by atoms with Gasteiger partial charge in [-0.15, -0.1) is 0 Å². The van der Waals surface area contributed by atoms with E-state index in [9.17, 15) is 4.79 Å². The molecule has 2 heterocycles. The van der Waals surface area contributed by atoms with Gasteiger partial charge in [0.15, 0.2) is 0 Å². The van der Waals surface area contributed by atoms with Crippen molar-refractivity contribution in [2.24, 2.45) is 0 Å². The third-order valence-electron chi connectivity index (χ3n) is 3.66. The Morgan fingerprint density at radius 2 is 1.88 bits per heavy atom. The highest BCUT2D eigenvalue weighted by Crippen LogP contribution is 2.32. The third-order valence-corrected chi connectivity index (χ3v) is 4.70. The number of hydrogen-bond acceptors (Lipinski definition) is 2. The van der Waals surface area contributed by atoms with Gasteiger partial charge in [0, 0.05) is 6.20 Å². The number of carbonyl (C=O) groups excluding carboxylic acids is 1. The number of nitrogens with one attached hydrogen (secondary N) is 1.